The third kappa shape index (κ3) is 5.13. The number of guanidine groups is 1. The molecule has 1 unspecified atom stereocenters. The second-order valence-corrected chi connectivity index (χ2v) is 6.51. The maximum Gasteiger partial charge on any atom is 0.188 e. The Morgan fingerprint density at radius 1 is 1.60 bits per heavy atom. The molecule has 1 aliphatic rings. The molecule has 1 atom stereocenters. The molecule has 2 rings (SSSR count). The van der Waals surface area contributed by atoms with E-state index in [1.165, 1.54) is 24.3 Å². The third-order valence-corrected chi connectivity index (χ3v) is 4.50. The van der Waals surface area contributed by atoms with E-state index in [-0.39, 0.29) is 0 Å². The summed E-state index contributed by atoms with van der Waals surface area (Å²) < 4.78 is 0. The maximum atomic E-state index is 5.85. The van der Waals surface area contributed by atoms with Crippen LogP contribution in [-0.4, -0.2) is 37.0 Å². The molecule has 2 heterocycles. The second kappa shape index (κ2) is 8.27. The summed E-state index contributed by atoms with van der Waals surface area (Å²) in [6.07, 6.45) is 3.62. The highest BCUT2D eigenvalue weighted by Crippen LogP contribution is 2.20. The molecule has 1 fully saturated rings. The van der Waals surface area contributed by atoms with Crippen LogP contribution in [0.15, 0.2) is 22.5 Å². The quantitative estimate of drug-likeness (QED) is 0.625. The van der Waals surface area contributed by atoms with Gasteiger partial charge in [-0.1, -0.05) is 13.0 Å². The van der Waals surface area contributed by atoms with Crippen molar-refractivity contribution in [1.29, 1.82) is 0 Å². The smallest absolute Gasteiger partial charge is 0.188 e. The molecule has 1 aliphatic heterocycles. The molecule has 112 valence electrons. The average molecular weight is 294 g/mol. The van der Waals surface area contributed by atoms with Crippen molar-refractivity contribution in [2.75, 3.05) is 26.2 Å². The molecule has 3 N–H and O–H groups in total. The first-order chi connectivity index (χ1) is 9.78. The molecule has 0 bridgehead atoms. The number of hydrogen-bond donors (Lipinski definition) is 2. The molecule has 0 aromatic carbocycles. The summed E-state index contributed by atoms with van der Waals surface area (Å²) >= 11 is 1.85. The highest BCUT2D eigenvalue weighted by Gasteiger charge is 2.19. The van der Waals surface area contributed by atoms with Crippen molar-refractivity contribution in [2.45, 2.75) is 32.7 Å². The van der Waals surface area contributed by atoms with E-state index in [9.17, 15) is 0 Å². The van der Waals surface area contributed by atoms with Crippen LogP contribution < -0.4 is 11.1 Å². The summed E-state index contributed by atoms with van der Waals surface area (Å²) in [5, 5.41) is 5.29. The van der Waals surface area contributed by atoms with Crippen molar-refractivity contribution in [3.05, 3.63) is 22.4 Å². The number of nitrogens with one attached hydrogen (secondary N) is 1. The van der Waals surface area contributed by atoms with Crippen molar-refractivity contribution < 1.29 is 0 Å². The van der Waals surface area contributed by atoms with Crippen LogP contribution in [0.3, 0.4) is 0 Å². The minimum atomic E-state index is 0.599. The fourth-order valence-corrected chi connectivity index (χ4v) is 3.35. The molecule has 0 aliphatic carbocycles. The molecule has 4 nitrogen and oxygen atoms in total. The number of likely N-dealkylation sites (tertiary alicyclic amines) is 1. The number of nitrogens with zero attached hydrogens (tertiary/aromatic N) is 2. The van der Waals surface area contributed by atoms with Gasteiger partial charge >= 0.3 is 0 Å². The van der Waals surface area contributed by atoms with Crippen LogP contribution >= 0.6 is 11.3 Å². The van der Waals surface area contributed by atoms with Gasteiger partial charge in [-0.15, -0.1) is 11.3 Å². The highest BCUT2D eigenvalue weighted by atomic mass is 32.1. The van der Waals surface area contributed by atoms with Gasteiger partial charge in [0, 0.05) is 31.1 Å². The van der Waals surface area contributed by atoms with Gasteiger partial charge in [0.25, 0.3) is 0 Å². The molecule has 0 amide bonds. The van der Waals surface area contributed by atoms with Gasteiger partial charge in [0.15, 0.2) is 5.96 Å². The number of hydrogen-bond acceptors (Lipinski definition) is 3. The third-order valence-electron chi connectivity index (χ3n) is 3.64. The number of nitrogens with two attached hydrogens (primary N) is 1. The largest absolute Gasteiger partial charge is 0.370 e. The Labute approximate surface area is 126 Å². The fourth-order valence-electron chi connectivity index (χ4n) is 2.60. The van der Waals surface area contributed by atoms with Crippen LogP contribution in [0.2, 0.25) is 0 Å². The monoisotopic (exact) mass is 294 g/mol. The van der Waals surface area contributed by atoms with E-state index in [2.05, 4.69) is 39.6 Å². The van der Waals surface area contributed by atoms with Gasteiger partial charge < -0.3 is 11.1 Å². The van der Waals surface area contributed by atoms with Crippen LogP contribution in [0.5, 0.6) is 0 Å². The minimum absolute atomic E-state index is 0.599. The van der Waals surface area contributed by atoms with Crippen molar-refractivity contribution in [3.8, 4) is 0 Å². The Hall–Kier alpha value is -1.07. The Morgan fingerprint density at radius 2 is 2.50 bits per heavy atom. The molecule has 1 aromatic rings. The Balaban J connectivity index is 1.75. The highest BCUT2D eigenvalue weighted by molar-refractivity contribution is 7.09. The number of aliphatic imine (C=N–C) groups is 1. The molecule has 1 saturated heterocycles. The number of rotatable bonds is 6. The predicted molar refractivity (Wildman–Crippen MR) is 87.1 cm³/mol. The standard InChI is InChI=1S/C15H26N4S/c1-2-7-17-15(16)18-10-13-5-3-8-19(11-13)12-14-6-4-9-20-14/h4,6,9,13H,2-3,5,7-8,10-12H2,1H3,(H3,16,17,18). The summed E-state index contributed by atoms with van der Waals surface area (Å²) in [5.74, 6) is 1.24. The van der Waals surface area contributed by atoms with Gasteiger partial charge in [-0.2, -0.15) is 0 Å². The predicted octanol–water partition coefficient (Wildman–Crippen LogP) is 2.27. The molecule has 5 heteroatoms. The molecule has 0 spiro atoms. The lowest BCUT2D eigenvalue weighted by Gasteiger charge is -2.31. The second-order valence-electron chi connectivity index (χ2n) is 5.48. The van der Waals surface area contributed by atoms with E-state index in [0.717, 1.165) is 32.6 Å². The summed E-state index contributed by atoms with van der Waals surface area (Å²) in [6, 6.07) is 4.35. The van der Waals surface area contributed by atoms with Crippen molar-refractivity contribution in [3.63, 3.8) is 0 Å². The zero-order chi connectivity index (χ0) is 14.2. The lowest BCUT2D eigenvalue weighted by molar-refractivity contribution is 0.172. The van der Waals surface area contributed by atoms with Crippen LogP contribution in [0.4, 0.5) is 0 Å². The summed E-state index contributed by atoms with van der Waals surface area (Å²) in [4.78, 5) is 8.48. The van der Waals surface area contributed by atoms with E-state index >= 15 is 0 Å². The molecule has 0 saturated carbocycles. The van der Waals surface area contributed by atoms with Crippen LogP contribution in [0.25, 0.3) is 0 Å². The maximum absolute atomic E-state index is 5.85. The Kier molecular flexibility index (Phi) is 6.33. The number of piperidine rings is 1. The first-order valence-corrected chi connectivity index (χ1v) is 8.44. The summed E-state index contributed by atoms with van der Waals surface area (Å²) in [7, 11) is 0. The van der Waals surface area contributed by atoms with Gasteiger partial charge in [-0.05, 0) is 43.2 Å². The minimum Gasteiger partial charge on any atom is -0.370 e. The van der Waals surface area contributed by atoms with Crippen molar-refractivity contribution >= 4 is 17.3 Å². The van der Waals surface area contributed by atoms with Gasteiger partial charge in [-0.3, -0.25) is 9.89 Å². The summed E-state index contributed by atoms with van der Waals surface area (Å²) in [5.41, 5.74) is 5.85. The van der Waals surface area contributed by atoms with E-state index in [1.807, 2.05) is 11.3 Å². The van der Waals surface area contributed by atoms with E-state index < -0.39 is 0 Å². The van der Waals surface area contributed by atoms with E-state index in [0.29, 0.717) is 11.9 Å². The van der Waals surface area contributed by atoms with Crippen molar-refractivity contribution in [2.24, 2.45) is 16.6 Å². The number of thiophene rings is 1. The van der Waals surface area contributed by atoms with Crippen LogP contribution in [-0.2, 0) is 6.54 Å². The SMILES string of the molecule is CCCNC(N)=NCC1CCCN(Cc2cccs2)C1. The topological polar surface area (TPSA) is 53.6 Å². The van der Waals surface area contributed by atoms with E-state index in [4.69, 9.17) is 5.73 Å². The zero-order valence-corrected chi connectivity index (χ0v) is 13.2. The Morgan fingerprint density at radius 3 is 3.25 bits per heavy atom. The van der Waals surface area contributed by atoms with Gasteiger partial charge in [0.1, 0.15) is 0 Å². The lowest BCUT2D eigenvalue weighted by Crippen LogP contribution is -2.37. The van der Waals surface area contributed by atoms with Crippen molar-refractivity contribution in [1.82, 2.24) is 10.2 Å². The van der Waals surface area contributed by atoms with Crippen LogP contribution in [0.1, 0.15) is 31.1 Å². The first kappa shape index (κ1) is 15.3. The van der Waals surface area contributed by atoms with Crippen LogP contribution in [0, 0.1) is 5.92 Å². The van der Waals surface area contributed by atoms with E-state index in [1.54, 1.807) is 0 Å². The Bertz CT molecular complexity index is 402. The lowest BCUT2D eigenvalue weighted by atomic mass is 9.98. The fraction of sp³-hybridized carbons (Fsp3) is 0.667. The molecule has 0 radical (unpaired) electrons. The van der Waals surface area contributed by atoms with Gasteiger partial charge in [0.2, 0.25) is 0 Å². The first-order valence-electron chi connectivity index (χ1n) is 7.56. The zero-order valence-electron chi connectivity index (χ0n) is 12.3. The van der Waals surface area contributed by atoms with Gasteiger partial charge in [-0.25, -0.2) is 0 Å². The molecular weight excluding hydrogens is 268 g/mol. The molecule has 1 aromatic heterocycles. The normalized spacial score (nSPS) is 21.1. The molecule has 20 heavy (non-hydrogen) atoms. The average Bonchev–Trinajstić information content (AvgIpc) is 2.96. The van der Waals surface area contributed by atoms with Gasteiger partial charge in [0.05, 0.1) is 0 Å². The summed E-state index contributed by atoms with van der Waals surface area (Å²) in [6.45, 7) is 7.32. The molecular formula is C15H26N4S.